The number of nitrogens with zero attached hydrogens (tertiary/aromatic N) is 2. The summed E-state index contributed by atoms with van der Waals surface area (Å²) in [5, 5.41) is 6.97. The second-order valence-electron chi connectivity index (χ2n) is 5.29. The number of amides is 1. The molecule has 1 aliphatic rings. The van der Waals surface area contributed by atoms with Gasteiger partial charge in [-0.1, -0.05) is 0 Å². The minimum Gasteiger partial charge on any atom is -0.336 e. The summed E-state index contributed by atoms with van der Waals surface area (Å²) in [5.74, 6) is 0.516. The normalized spacial score (nSPS) is 24.3. The van der Waals surface area contributed by atoms with Gasteiger partial charge in [0.15, 0.2) is 0 Å². The molecule has 2 rings (SSSR count). The second kappa shape index (κ2) is 5.10. The zero-order valence-corrected chi connectivity index (χ0v) is 11.4. The minimum absolute atomic E-state index is 0.0874. The Morgan fingerprint density at radius 3 is 2.78 bits per heavy atom. The van der Waals surface area contributed by atoms with Crippen molar-refractivity contribution < 1.29 is 4.79 Å². The number of rotatable bonds is 2. The van der Waals surface area contributed by atoms with Gasteiger partial charge in [0.2, 0.25) is 0 Å². The van der Waals surface area contributed by atoms with Crippen molar-refractivity contribution in [1.82, 2.24) is 15.1 Å². The molecule has 0 bridgehead atoms. The van der Waals surface area contributed by atoms with E-state index in [0.29, 0.717) is 12.5 Å². The highest BCUT2D eigenvalue weighted by molar-refractivity contribution is 5.96. The first-order valence-corrected chi connectivity index (χ1v) is 6.57. The predicted octanol–water partition coefficient (Wildman–Crippen LogP) is 1.23. The number of piperidine rings is 1. The molecule has 2 unspecified atom stereocenters. The van der Waals surface area contributed by atoms with E-state index < -0.39 is 0 Å². The third-order valence-electron chi connectivity index (χ3n) is 3.92. The molecule has 0 saturated carbocycles. The zero-order valence-electron chi connectivity index (χ0n) is 11.4. The summed E-state index contributed by atoms with van der Waals surface area (Å²) in [5.41, 5.74) is 8.08. The first kappa shape index (κ1) is 13.1. The number of aromatic amines is 1. The molecule has 1 aromatic heterocycles. The molecule has 0 radical (unpaired) electrons. The fourth-order valence-electron chi connectivity index (χ4n) is 2.67. The third-order valence-corrected chi connectivity index (χ3v) is 3.92. The third kappa shape index (κ3) is 2.27. The average Bonchev–Trinajstić information content (AvgIpc) is 2.69. The van der Waals surface area contributed by atoms with Gasteiger partial charge in [-0.05, 0) is 46.1 Å². The van der Waals surface area contributed by atoms with Crippen LogP contribution in [0.4, 0.5) is 0 Å². The van der Waals surface area contributed by atoms with Gasteiger partial charge in [0.05, 0.1) is 11.3 Å². The van der Waals surface area contributed by atoms with E-state index in [0.717, 1.165) is 36.3 Å². The standard InChI is InChI=1S/C13H22N4O/c1-8-4-5-11(6-14)7-17(8)13(18)12-9(2)15-16-10(12)3/h8,11H,4-7,14H2,1-3H3,(H,15,16). The maximum absolute atomic E-state index is 12.6. The Bertz CT molecular complexity index is 421. The number of carbonyl (C=O) groups excluding carboxylic acids is 1. The van der Waals surface area contributed by atoms with Crippen LogP contribution in [0.3, 0.4) is 0 Å². The van der Waals surface area contributed by atoms with E-state index in [9.17, 15) is 4.79 Å². The van der Waals surface area contributed by atoms with Crippen molar-refractivity contribution in [2.45, 2.75) is 39.7 Å². The SMILES string of the molecule is Cc1n[nH]c(C)c1C(=O)N1CC(CN)CCC1C. The molecular weight excluding hydrogens is 228 g/mol. The highest BCUT2D eigenvalue weighted by atomic mass is 16.2. The summed E-state index contributed by atoms with van der Waals surface area (Å²) in [7, 11) is 0. The van der Waals surface area contributed by atoms with Gasteiger partial charge in [0.1, 0.15) is 0 Å². The van der Waals surface area contributed by atoms with Gasteiger partial charge in [-0.25, -0.2) is 0 Å². The molecule has 1 fully saturated rings. The number of hydrogen-bond donors (Lipinski definition) is 2. The van der Waals surface area contributed by atoms with E-state index in [1.807, 2.05) is 18.7 Å². The number of carbonyl (C=O) groups is 1. The van der Waals surface area contributed by atoms with Crippen molar-refractivity contribution >= 4 is 5.91 Å². The van der Waals surface area contributed by atoms with Crippen LogP contribution in [0.15, 0.2) is 0 Å². The van der Waals surface area contributed by atoms with Crippen molar-refractivity contribution in [3.63, 3.8) is 0 Å². The topological polar surface area (TPSA) is 75.0 Å². The van der Waals surface area contributed by atoms with Crippen molar-refractivity contribution in [2.75, 3.05) is 13.1 Å². The number of hydrogen-bond acceptors (Lipinski definition) is 3. The van der Waals surface area contributed by atoms with Gasteiger partial charge in [-0.15, -0.1) is 0 Å². The van der Waals surface area contributed by atoms with Crippen molar-refractivity contribution in [2.24, 2.45) is 11.7 Å². The molecule has 5 nitrogen and oxygen atoms in total. The summed E-state index contributed by atoms with van der Waals surface area (Å²) in [6, 6.07) is 0.286. The van der Waals surface area contributed by atoms with Gasteiger partial charge >= 0.3 is 0 Å². The maximum Gasteiger partial charge on any atom is 0.257 e. The maximum atomic E-state index is 12.6. The summed E-state index contributed by atoms with van der Waals surface area (Å²) in [6.07, 6.45) is 2.15. The highest BCUT2D eigenvalue weighted by Crippen LogP contribution is 2.24. The van der Waals surface area contributed by atoms with E-state index in [4.69, 9.17) is 5.73 Å². The van der Waals surface area contributed by atoms with Gasteiger partial charge in [-0.3, -0.25) is 9.89 Å². The van der Waals surface area contributed by atoms with E-state index in [2.05, 4.69) is 17.1 Å². The molecule has 3 N–H and O–H groups in total. The van der Waals surface area contributed by atoms with Crippen LogP contribution < -0.4 is 5.73 Å². The van der Waals surface area contributed by atoms with E-state index >= 15 is 0 Å². The first-order valence-electron chi connectivity index (χ1n) is 6.57. The lowest BCUT2D eigenvalue weighted by Crippen LogP contribution is -2.47. The Labute approximate surface area is 108 Å². The molecular formula is C13H22N4O. The smallest absolute Gasteiger partial charge is 0.257 e. The Kier molecular flexibility index (Phi) is 3.71. The lowest BCUT2D eigenvalue weighted by molar-refractivity contribution is 0.0565. The van der Waals surface area contributed by atoms with Crippen LogP contribution in [0.1, 0.15) is 41.5 Å². The Morgan fingerprint density at radius 2 is 2.22 bits per heavy atom. The zero-order chi connectivity index (χ0) is 13.3. The lowest BCUT2D eigenvalue weighted by Gasteiger charge is -2.37. The molecule has 1 amide bonds. The van der Waals surface area contributed by atoms with Crippen LogP contribution in [-0.2, 0) is 0 Å². The van der Waals surface area contributed by atoms with Gasteiger partial charge in [0.25, 0.3) is 5.91 Å². The molecule has 1 saturated heterocycles. The van der Waals surface area contributed by atoms with Gasteiger partial charge < -0.3 is 10.6 Å². The van der Waals surface area contributed by atoms with Crippen molar-refractivity contribution in [3.8, 4) is 0 Å². The first-order chi connectivity index (χ1) is 8.54. The lowest BCUT2D eigenvalue weighted by atomic mass is 9.93. The average molecular weight is 250 g/mol. The van der Waals surface area contributed by atoms with Gasteiger partial charge in [-0.2, -0.15) is 5.10 Å². The number of aryl methyl sites for hydroxylation is 2. The quantitative estimate of drug-likeness (QED) is 0.829. The predicted molar refractivity (Wildman–Crippen MR) is 70.3 cm³/mol. The molecule has 0 spiro atoms. The van der Waals surface area contributed by atoms with Crippen LogP contribution >= 0.6 is 0 Å². The second-order valence-corrected chi connectivity index (χ2v) is 5.29. The van der Waals surface area contributed by atoms with E-state index in [1.54, 1.807) is 0 Å². The summed E-state index contributed by atoms with van der Waals surface area (Å²) in [4.78, 5) is 14.5. The monoisotopic (exact) mass is 250 g/mol. The molecule has 5 heteroatoms. The molecule has 18 heavy (non-hydrogen) atoms. The van der Waals surface area contributed by atoms with E-state index in [-0.39, 0.29) is 11.9 Å². The van der Waals surface area contributed by atoms with Crippen LogP contribution in [0.25, 0.3) is 0 Å². The number of likely N-dealkylation sites (tertiary alicyclic amines) is 1. The van der Waals surface area contributed by atoms with Crippen LogP contribution in [0, 0.1) is 19.8 Å². The number of nitrogens with one attached hydrogen (secondary N) is 1. The number of nitrogens with two attached hydrogens (primary N) is 1. The van der Waals surface area contributed by atoms with E-state index in [1.165, 1.54) is 0 Å². The Balaban J connectivity index is 2.22. The fourth-order valence-corrected chi connectivity index (χ4v) is 2.67. The Morgan fingerprint density at radius 1 is 1.50 bits per heavy atom. The molecule has 1 aliphatic heterocycles. The number of aromatic nitrogens is 2. The number of H-pyrrole nitrogens is 1. The summed E-state index contributed by atoms with van der Waals surface area (Å²) >= 11 is 0. The summed E-state index contributed by atoms with van der Waals surface area (Å²) in [6.45, 7) is 7.28. The fraction of sp³-hybridized carbons (Fsp3) is 0.692. The minimum atomic E-state index is 0.0874. The highest BCUT2D eigenvalue weighted by Gasteiger charge is 2.31. The molecule has 0 aromatic carbocycles. The molecule has 2 heterocycles. The molecule has 0 aliphatic carbocycles. The summed E-state index contributed by atoms with van der Waals surface area (Å²) < 4.78 is 0. The van der Waals surface area contributed by atoms with Crippen LogP contribution in [0.5, 0.6) is 0 Å². The molecule has 2 atom stereocenters. The van der Waals surface area contributed by atoms with Gasteiger partial charge in [0, 0.05) is 18.3 Å². The van der Waals surface area contributed by atoms with Crippen molar-refractivity contribution in [3.05, 3.63) is 17.0 Å². The molecule has 1 aromatic rings. The van der Waals surface area contributed by atoms with Crippen molar-refractivity contribution in [1.29, 1.82) is 0 Å². The largest absolute Gasteiger partial charge is 0.336 e. The molecule has 100 valence electrons. The van der Waals surface area contributed by atoms with Crippen LogP contribution in [0.2, 0.25) is 0 Å². The van der Waals surface area contributed by atoms with Crippen LogP contribution in [-0.4, -0.2) is 40.1 Å². The Hall–Kier alpha value is -1.36.